The summed E-state index contributed by atoms with van der Waals surface area (Å²) in [5.74, 6) is -0.267. The molecule has 110 valence electrons. The third-order valence-electron chi connectivity index (χ3n) is 3.85. The summed E-state index contributed by atoms with van der Waals surface area (Å²) < 4.78 is 5.53. The summed E-state index contributed by atoms with van der Waals surface area (Å²) in [5.41, 5.74) is 0.119. The molecule has 2 aromatic rings. The second kappa shape index (κ2) is 5.90. The van der Waals surface area contributed by atoms with E-state index in [0.717, 1.165) is 25.7 Å². The van der Waals surface area contributed by atoms with Crippen LogP contribution >= 0.6 is 11.6 Å². The van der Waals surface area contributed by atoms with Gasteiger partial charge in [-0.25, -0.2) is 0 Å². The van der Waals surface area contributed by atoms with Crippen molar-refractivity contribution >= 4 is 28.5 Å². The van der Waals surface area contributed by atoms with E-state index in [-0.39, 0.29) is 23.1 Å². The number of halogens is 1. The molecule has 5 heteroatoms. The van der Waals surface area contributed by atoms with E-state index in [1.807, 2.05) is 0 Å². The van der Waals surface area contributed by atoms with Gasteiger partial charge in [-0.05, 0) is 31.0 Å². The monoisotopic (exact) mass is 305 g/mol. The minimum absolute atomic E-state index is 0.0559. The molecule has 1 aliphatic carbocycles. The highest BCUT2D eigenvalue weighted by molar-refractivity contribution is 6.31. The minimum Gasteiger partial charge on any atom is -0.451 e. The second-order valence-corrected chi connectivity index (χ2v) is 5.86. The Morgan fingerprint density at radius 2 is 1.95 bits per heavy atom. The van der Waals surface area contributed by atoms with E-state index < -0.39 is 0 Å². The van der Waals surface area contributed by atoms with Gasteiger partial charge in [-0.3, -0.25) is 9.59 Å². The molecule has 1 aromatic carbocycles. The van der Waals surface area contributed by atoms with Crippen molar-refractivity contribution in [2.45, 2.75) is 38.1 Å². The Balaban J connectivity index is 1.88. The van der Waals surface area contributed by atoms with E-state index in [1.54, 1.807) is 18.2 Å². The molecule has 0 aliphatic heterocycles. The topological polar surface area (TPSA) is 59.3 Å². The van der Waals surface area contributed by atoms with Crippen LogP contribution in [0.5, 0.6) is 0 Å². The fourth-order valence-corrected chi connectivity index (χ4v) is 2.92. The first kappa shape index (κ1) is 14.1. The minimum atomic E-state index is -0.323. The number of benzene rings is 1. The average molecular weight is 306 g/mol. The Bertz CT molecular complexity index is 732. The van der Waals surface area contributed by atoms with Gasteiger partial charge in [0, 0.05) is 17.1 Å². The van der Waals surface area contributed by atoms with Crippen LogP contribution in [0.4, 0.5) is 0 Å². The van der Waals surface area contributed by atoms with Crippen LogP contribution in [0.2, 0.25) is 5.02 Å². The highest BCUT2D eigenvalue weighted by Gasteiger charge is 2.19. The van der Waals surface area contributed by atoms with Crippen LogP contribution in [-0.2, 0) is 0 Å². The maximum Gasteiger partial charge on any atom is 0.287 e. The third-order valence-corrected chi connectivity index (χ3v) is 4.09. The molecule has 0 radical (unpaired) electrons. The molecule has 1 aromatic heterocycles. The molecule has 0 bridgehead atoms. The van der Waals surface area contributed by atoms with Crippen molar-refractivity contribution in [3.63, 3.8) is 0 Å². The van der Waals surface area contributed by atoms with Gasteiger partial charge < -0.3 is 9.73 Å². The van der Waals surface area contributed by atoms with Crippen LogP contribution in [-0.4, -0.2) is 11.9 Å². The molecular weight excluding hydrogens is 290 g/mol. The van der Waals surface area contributed by atoms with Crippen molar-refractivity contribution in [3.8, 4) is 0 Å². The zero-order valence-electron chi connectivity index (χ0n) is 11.5. The number of carbonyl (C=O) groups is 1. The molecule has 3 rings (SSSR count). The highest BCUT2D eigenvalue weighted by atomic mass is 35.5. The molecule has 0 unspecified atom stereocenters. The molecule has 0 atom stereocenters. The lowest BCUT2D eigenvalue weighted by atomic mass is 9.95. The standard InChI is InChI=1S/C16H16ClNO3/c17-10-6-7-14-12(8-10)13(19)9-15(21-14)16(20)18-11-4-2-1-3-5-11/h6-9,11H,1-5H2,(H,18,20). The number of hydrogen-bond donors (Lipinski definition) is 1. The lowest BCUT2D eigenvalue weighted by Crippen LogP contribution is -2.36. The van der Waals surface area contributed by atoms with Crippen LogP contribution in [0, 0.1) is 0 Å². The van der Waals surface area contributed by atoms with E-state index in [2.05, 4.69) is 5.32 Å². The van der Waals surface area contributed by atoms with Crippen LogP contribution in [0.1, 0.15) is 42.7 Å². The highest BCUT2D eigenvalue weighted by Crippen LogP contribution is 2.19. The van der Waals surface area contributed by atoms with Gasteiger partial charge >= 0.3 is 0 Å². The summed E-state index contributed by atoms with van der Waals surface area (Å²) in [6, 6.07) is 6.20. The molecule has 0 spiro atoms. The maximum atomic E-state index is 12.2. The SMILES string of the molecule is O=C(NC1CCCCC1)c1cc(=O)c2cc(Cl)ccc2o1. The quantitative estimate of drug-likeness (QED) is 0.923. The molecule has 21 heavy (non-hydrogen) atoms. The third kappa shape index (κ3) is 3.10. The van der Waals surface area contributed by atoms with Crippen molar-refractivity contribution in [1.82, 2.24) is 5.32 Å². The number of fused-ring (bicyclic) bond motifs is 1. The summed E-state index contributed by atoms with van der Waals surface area (Å²) in [6.07, 6.45) is 5.45. The Hall–Kier alpha value is -1.81. The van der Waals surface area contributed by atoms with Crippen LogP contribution in [0.25, 0.3) is 11.0 Å². The Morgan fingerprint density at radius 1 is 1.19 bits per heavy atom. The largest absolute Gasteiger partial charge is 0.451 e. The van der Waals surface area contributed by atoms with Crippen molar-refractivity contribution in [1.29, 1.82) is 0 Å². The van der Waals surface area contributed by atoms with Gasteiger partial charge in [-0.15, -0.1) is 0 Å². The summed E-state index contributed by atoms with van der Waals surface area (Å²) in [7, 11) is 0. The summed E-state index contributed by atoms with van der Waals surface area (Å²) >= 11 is 5.86. The molecule has 1 heterocycles. The predicted molar refractivity (Wildman–Crippen MR) is 81.8 cm³/mol. The fourth-order valence-electron chi connectivity index (χ4n) is 2.74. The number of nitrogens with one attached hydrogen (secondary N) is 1. The summed E-state index contributed by atoms with van der Waals surface area (Å²) in [4.78, 5) is 24.3. The molecular formula is C16H16ClNO3. The first-order chi connectivity index (χ1) is 10.1. The van der Waals surface area contributed by atoms with E-state index in [9.17, 15) is 9.59 Å². The van der Waals surface area contributed by atoms with Gasteiger partial charge in [0.25, 0.3) is 5.91 Å². The Morgan fingerprint density at radius 3 is 2.71 bits per heavy atom. The lowest BCUT2D eigenvalue weighted by molar-refractivity contribution is 0.0900. The van der Waals surface area contributed by atoms with Crippen molar-refractivity contribution in [2.75, 3.05) is 0 Å². The molecule has 1 aliphatic rings. The second-order valence-electron chi connectivity index (χ2n) is 5.42. The van der Waals surface area contributed by atoms with E-state index >= 15 is 0 Å². The van der Waals surface area contributed by atoms with E-state index in [4.69, 9.17) is 16.0 Å². The molecule has 1 amide bonds. The van der Waals surface area contributed by atoms with Gasteiger partial charge in [-0.1, -0.05) is 30.9 Å². The molecule has 1 N–H and O–H groups in total. The first-order valence-electron chi connectivity index (χ1n) is 7.18. The zero-order valence-corrected chi connectivity index (χ0v) is 12.3. The first-order valence-corrected chi connectivity index (χ1v) is 7.55. The molecule has 0 saturated heterocycles. The van der Waals surface area contributed by atoms with E-state index in [1.165, 1.54) is 12.5 Å². The van der Waals surface area contributed by atoms with Gasteiger partial charge in [0.2, 0.25) is 0 Å². The van der Waals surface area contributed by atoms with Crippen molar-refractivity contribution in [3.05, 3.63) is 45.3 Å². The number of carbonyl (C=O) groups excluding carboxylic acids is 1. The van der Waals surface area contributed by atoms with Crippen molar-refractivity contribution < 1.29 is 9.21 Å². The lowest BCUT2D eigenvalue weighted by Gasteiger charge is -2.22. The van der Waals surface area contributed by atoms with Gasteiger partial charge in [0.05, 0.1) is 5.39 Å². The fraction of sp³-hybridized carbons (Fsp3) is 0.375. The predicted octanol–water partition coefficient (Wildman–Crippen LogP) is 3.51. The number of rotatable bonds is 2. The van der Waals surface area contributed by atoms with Crippen LogP contribution < -0.4 is 10.7 Å². The Kier molecular flexibility index (Phi) is 3.97. The molecule has 4 nitrogen and oxygen atoms in total. The summed E-state index contributed by atoms with van der Waals surface area (Å²) in [6.45, 7) is 0. The maximum absolute atomic E-state index is 12.2. The van der Waals surface area contributed by atoms with Gasteiger partial charge in [-0.2, -0.15) is 0 Å². The Labute approximate surface area is 127 Å². The zero-order chi connectivity index (χ0) is 14.8. The summed E-state index contributed by atoms with van der Waals surface area (Å²) in [5, 5.41) is 3.79. The van der Waals surface area contributed by atoms with Crippen LogP contribution in [0.15, 0.2) is 33.5 Å². The average Bonchev–Trinajstić information content (AvgIpc) is 2.49. The number of hydrogen-bond acceptors (Lipinski definition) is 3. The molecule has 1 fully saturated rings. The normalized spacial score (nSPS) is 16.0. The number of amides is 1. The van der Waals surface area contributed by atoms with Gasteiger partial charge in [0.15, 0.2) is 11.2 Å². The van der Waals surface area contributed by atoms with Gasteiger partial charge in [0.1, 0.15) is 5.58 Å². The molecule has 1 saturated carbocycles. The van der Waals surface area contributed by atoms with Crippen molar-refractivity contribution in [2.24, 2.45) is 0 Å². The smallest absolute Gasteiger partial charge is 0.287 e. The van der Waals surface area contributed by atoms with E-state index in [0.29, 0.717) is 16.0 Å². The van der Waals surface area contributed by atoms with Crippen LogP contribution in [0.3, 0.4) is 0 Å².